The predicted octanol–water partition coefficient (Wildman–Crippen LogP) is 4.13. The SMILES string of the molecule is C=CCOC(=O)Nc1nc2c(s1)C[C@@H]1[C@](C)(CO)[C@H](O)CC[C@@]1(C)[C@@H]2CC(=O)NC1CCCCC1. The van der Waals surface area contributed by atoms with Crippen LogP contribution in [0.3, 0.4) is 0 Å². The van der Waals surface area contributed by atoms with Crippen LogP contribution in [0.15, 0.2) is 12.7 Å². The molecular weight excluding hydrogens is 466 g/mol. The molecule has 2 fully saturated rings. The molecule has 0 unspecified atom stereocenters. The number of amides is 2. The number of aliphatic hydroxyl groups excluding tert-OH is 2. The lowest BCUT2D eigenvalue weighted by molar-refractivity contribution is -0.144. The monoisotopic (exact) mass is 505 g/mol. The summed E-state index contributed by atoms with van der Waals surface area (Å²) in [5.74, 6) is -0.168. The third-order valence-electron chi connectivity index (χ3n) is 8.79. The van der Waals surface area contributed by atoms with E-state index < -0.39 is 17.6 Å². The molecule has 194 valence electrons. The standard InChI is InChI=1S/C26H39N3O5S/c1-4-12-34-24(33)29-23-28-22-17(13-21(32)27-16-8-6-5-7-9-16)25(2)11-10-20(31)26(3,15-30)19(25)14-18(22)35-23/h4,16-17,19-20,30-31H,1,5-15H2,2-3H3,(H,27,32)(H,28,29,33)/t17-,19+,20-,25+,26+/m1/s1. The van der Waals surface area contributed by atoms with Gasteiger partial charge >= 0.3 is 6.09 Å². The number of hydrogen-bond acceptors (Lipinski definition) is 7. The highest BCUT2D eigenvalue weighted by atomic mass is 32.1. The first kappa shape index (κ1) is 26.1. The first-order chi connectivity index (χ1) is 16.7. The van der Waals surface area contributed by atoms with Gasteiger partial charge in [-0.2, -0.15) is 0 Å². The maximum Gasteiger partial charge on any atom is 0.413 e. The molecule has 1 aromatic rings. The van der Waals surface area contributed by atoms with E-state index in [0.29, 0.717) is 24.4 Å². The Morgan fingerprint density at radius 3 is 2.69 bits per heavy atom. The van der Waals surface area contributed by atoms with Crippen LogP contribution in [-0.2, 0) is 16.0 Å². The topological polar surface area (TPSA) is 121 Å². The lowest BCUT2D eigenvalue weighted by Crippen LogP contribution is -2.57. The van der Waals surface area contributed by atoms with Gasteiger partial charge in [0.15, 0.2) is 5.13 Å². The second-order valence-corrected chi connectivity index (χ2v) is 12.1. The molecule has 1 heterocycles. The molecule has 2 amide bonds. The van der Waals surface area contributed by atoms with Gasteiger partial charge in [-0.05, 0) is 43.4 Å². The van der Waals surface area contributed by atoms with Crippen molar-refractivity contribution >= 4 is 28.5 Å². The number of carbonyl (C=O) groups excluding carboxylic acids is 2. The minimum absolute atomic E-state index is 0.0234. The number of nitrogens with one attached hydrogen (secondary N) is 2. The Bertz CT molecular complexity index is 945. The fourth-order valence-electron chi connectivity index (χ4n) is 6.68. The van der Waals surface area contributed by atoms with E-state index in [-0.39, 0.29) is 42.4 Å². The lowest BCUT2D eigenvalue weighted by atomic mass is 9.47. The summed E-state index contributed by atoms with van der Waals surface area (Å²) < 4.78 is 5.05. The van der Waals surface area contributed by atoms with Crippen LogP contribution >= 0.6 is 11.3 Å². The Balaban J connectivity index is 1.64. The largest absolute Gasteiger partial charge is 0.445 e. The van der Waals surface area contributed by atoms with Gasteiger partial charge in [0.2, 0.25) is 5.91 Å². The maximum atomic E-state index is 13.3. The summed E-state index contributed by atoms with van der Waals surface area (Å²) in [5, 5.41) is 27.7. The molecule has 2 saturated carbocycles. The molecule has 4 rings (SSSR count). The number of nitrogens with zero attached hydrogens (tertiary/aromatic N) is 1. The fraction of sp³-hybridized carbons (Fsp3) is 0.731. The summed E-state index contributed by atoms with van der Waals surface area (Å²) in [6, 6.07) is 0.228. The van der Waals surface area contributed by atoms with Crippen LogP contribution in [0, 0.1) is 16.7 Å². The van der Waals surface area contributed by atoms with Crippen molar-refractivity contribution in [2.24, 2.45) is 16.7 Å². The second-order valence-electron chi connectivity index (χ2n) is 11.0. The van der Waals surface area contributed by atoms with Gasteiger partial charge in [0.25, 0.3) is 0 Å². The van der Waals surface area contributed by atoms with Gasteiger partial charge in [0, 0.05) is 28.7 Å². The van der Waals surface area contributed by atoms with E-state index in [4.69, 9.17) is 9.72 Å². The second kappa shape index (κ2) is 10.6. The van der Waals surface area contributed by atoms with Gasteiger partial charge in [0.05, 0.1) is 18.4 Å². The Morgan fingerprint density at radius 2 is 2.00 bits per heavy atom. The number of rotatable bonds is 7. The highest BCUT2D eigenvalue weighted by Gasteiger charge is 2.59. The lowest BCUT2D eigenvalue weighted by Gasteiger charge is -2.58. The first-order valence-corrected chi connectivity index (χ1v) is 13.7. The van der Waals surface area contributed by atoms with Gasteiger partial charge in [-0.15, -0.1) is 11.3 Å². The maximum absolute atomic E-state index is 13.3. The van der Waals surface area contributed by atoms with Crippen LogP contribution in [0.2, 0.25) is 0 Å². The van der Waals surface area contributed by atoms with Crippen molar-refractivity contribution < 1.29 is 24.5 Å². The normalized spacial score (nSPS) is 32.7. The smallest absolute Gasteiger partial charge is 0.413 e. The van der Waals surface area contributed by atoms with E-state index in [1.165, 1.54) is 23.8 Å². The van der Waals surface area contributed by atoms with Gasteiger partial charge in [-0.25, -0.2) is 9.78 Å². The zero-order valence-corrected chi connectivity index (χ0v) is 21.7. The summed E-state index contributed by atoms with van der Waals surface area (Å²) in [6.07, 6.45) is 8.12. The molecule has 0 aromatic carbocycles. The quantitative estimate of drug-likeness (QED) is 0.414. The highest BCUT2D eigenvalue weighted by Crippen LogP contribution is 2.62. The van der Waals surface area contributed by atoms with E-state index in [0.717, 1.165) is 42.7 Å². The van der Waals surface area contributed by atoms with Crippen molar-refractivity contribution in [2.75, 3.05) is 18.5 Å². The van der Waals surface area contributed by atoms with Crippen molar-refractivity contribution in [2.45, 2.75) is 89.7 Å². The van der Waals surface area contributed by atoms with Crippen molar-refractivity contribution in [1.82, 2.24) is 10.3 Å². The fourth-order valence-corrected chi connectivity index (χ4v) is 7.73. The minimum atomic E-state index is -0.677. The van der Waals surface area contributed by atoms with Crippen LogP contribution in [-0.4, -0.2) is 52.6 Å². The van der Waals surface area contributed by atoms with Crippen molar-refractivity contribution in [3.05, 3.63) is 23.2 Å². The summed E-state index contributed by atoms with van der Waals surface area (Å²) >= 11 is 1.39. The molecule has 0 spiro atoms. The molecule has 3 aliphatic rings. The molecular formula is C26H39N3O5S. The van der Waals surface area contributed by atoms with Crippen LogP contribution in [0.4, 0.5) is 9.93 Å². The number of anilines is 1. The molecule has 3 aliphatic carbocycles. The molecule has 8 nitrogen and oxygen atoms in total. The molecule has 9 heteroatoms. The van der Waals surface area contributed by atoms with E-state index in [2.05, 4.69) is 24.1 Å². The number of carbonyl (C=O) groups is 2. The van der Waals surface area contributed by atoms with E-state index in [1.54, 1.807) is 0 Å². The summed E-state index contributed by atoms with van der Waals surface area (Å²) in [6.45, 7) is 7.67. The van der Waals surface area contributed by atoms with Crippen LogP contribution in [0.25, 0.3) is 0 Å². The van der Waals surface area contributed by atoms with Crippen LogP contribution in [0.5, 0.6) is 0 Å². The van der Waals surface area contributed by atoms with Gasteiger partial charge in [-0.3, -0.25) is 10.1 Å². The third kappa shape index (κ3) is 5.13. The van der Waals surface area contributed by atoms with E-state index >= 15 is 0 Å². The molecule has 35 heavy (non-hydrogen) atoms. The van der Waals surface area contributed by atoms with Gasteiger partial charge < -0.3 is 20.3 Å². The average Bonchev–Trinajstić information content (AvgIpc) is 3.24. The molecule has 0 saturated heterocycles. The number of thiazole rings is 1. The number of hydrogen-bond donors (Lipinski definition) is 4. The average molecular weight is 506 g/mol. The molecule has 0 bridgehead atoms. The Labute approximate surface area is 211 Å². The summed E-state index contributed by atoms with van der Waals surface area (Å²) in [4.78, 5) is 31.2. The zero-order chi connectivity index (χ0) is 25.2. The summed E-state index contributed by atoms with van der Waals surface area (Å²) in [5.41, 5.74) is -0.144. The third-order valence-corrected chi connectivity index (χ3v) is 9.80. The minimum Gasteiger partial charge on any atom is -0.445 e. The van der Waals surface area contributed by atoms with E-state index in [9.17, 15) is 19.8 Å². The van der Waals surface area contributed by atoms with Crippen LogP contribution in [0.1, 0.15) is 81.7 Å². The molecule has 0 aliphatic heterocycles. The van der Waals surface area contributed by atoms with Gasteiger partial charge in [-0.1, -0.05) is 45.8 Å². The molecule has 0 radical (unpaired) electrons. The number of aromatic nitrogens is 1. The Hall–Kier alpha value is -1.97. The van der Waals surface area contributed by atoms with Crippen molar-refractivity contribution in [3.63, 3.8) is 0 Å². The van der Waals surface area contributed by atoms with Crippen molar-refractivity contribution in [1.29, 1.82) is 0 Å². The number of aliphatic hydroxyl groups is 2. The highest BCUT2D eigenvalue weighted by molar-refractivity contribution is 7.15. The first-order valence-electron chi connectivity index (χ1n) is 12.8. The van der Waals surface area contributed by atoms with E-state index in [1.807, 2.05) is 6.92 Å². The van der Waals surface area contributed by atoms with Gasteiger partial charge in [0.1, 0.15) is 6.61 Å². The predicted molar refractivity (Wildman–Crippen MR) is 135 cm³/mol. The number of ether oxygens (including phenoxy) is 1. The number of fused-ring (bicyclic) bond motifs is 2. The van der Waals surface area contributed by atoms with Crippen molar-refractivity contribution in [3.8, 4) is 0 Å². The Kier molecular flexibility index (Phi) is 7.88. The summed E-state index contributed by atoms with van der Waals surface area (Å²) in [7, 11) is 0. The molecule has 4 N–H and O–H groups in total. The Morgan fingerprint density at radius 1 is 1.26 bits per heavy atom. The zero-order valence-electron chi connectivity index (χ0n) is 20.8. The van der Waals surface area contributed by atoms with Crippen LogP contribution < -0.4 is 10.6 Å². The molecule has 1 aromatic heterocycles. The molecule has 5 atom stereocenters.